The fraction of sp³-hybridized carbons (Fsp3) is 0.208. The molecule has 0 atom stereocenters. The number of rotatable bonds is 6. The van der Waals surface area contributed by atoms with Gasteiger partial charge in [-0.3, -0.25) is 19.1 Å². The van der Waals surface area contributed by atoms with Crippen LogP contribution in [0.3, 0.4) is 0 Å². The number of nitrogens with zero attached hydrogens (tertiary/aromatic N) is 4. The maximum atomic E-state index is 13.6. The van der Waals surface area contributed by atoms with Crippen molar-refractivity contribution in [2.75, 3.05) is 5.75 Å². The second-order valence-corrected chi connectivity index (χ2v) is 10.3. The van der Waals surface area contributed by atoms with Gasteiger partial charge >= 0.3 is 0 Å². The van der Waals surface area contributed by atoms with E-state index in [4.69, 9.17) is 16.6 Å². The zero-order chi connectivity index (χ0) is 23.7. The predicted molar refractivity (Wildman–Crippen MR) is 138 cm³/mol. The zero-order valence-electron chi connectivity index (χ0n) is 18.2. The standard InChI is InChI=1S/C24H20ClN5O2S2/c1-14(15-4-3-11-26-12-15)28-29-20(31)13-33-24-27-22-21(18-5-2-6-19(18)34-22)23(32)30(24)17-9-7-16(25)8-10-17/h3-4,7-12H,2,5-6,13H2,1H3,(H,29,31). The molecule has 0 saturated carbocycles. The number of amides is 1. The molecule has 1 aromatic carbocycles. The normalized spacial score (nSPS) is 13.3. The van der Waals surface area contributed by atoms with Crippen molar-refractivity contribution < 1.29 is 4.79 Å². The lowest BCUT2D eigenvalue weighted by Gasteiger charge is -2.12. The molecule has 4 aromatic rings. The minimum Gasteiger partial charge on any atom is -0.272 e. The number of aromatic nitrogens is 3. The lowest BCUT2D eigenvalue weighted by molar-refractivity contribution is -0.118. The molecule has 1 amide bonds. The average Bonchev–Trinajstić information content (AvgIpc) is 3.44. The smallest absolute Gasteiger partial charge is 0.267 e. The van der Waals surface area contributed by atoms with Gasteiger partial charge in [-0.2, -0.15) is 5.10 Å². The van der Waals surface area contributed by atoms with Gasteiger partial charge in [-0.25, -0.2) is 10.4 Å². The maximum Gasteiger partial charge on any atom is 0.267 e. The summed E-state index contributed by atoms with van der Waals surface area (Å²) < 4.78 is 1.58. The lowest BCUT2D eigenvalue weighted by Crippen LogP contribution is -2.24. The van der Waals surface area contributed by atoms with E-state index < -0.39 is 0 Å². The van der Waals surface area contributed by atoms with E-state index in [-0.39, 0.29) is 17.2 Å². The Hall–Kier alpha value is -3.01. The Bertz CT molecular complexity index is 1460. The first kappa shape index (κ1) is 22.8. The van der Waals surface area contributed by atoms with Crippen molar-refractivity contribution in [1.29, 1.82) is 0 Å². The van der Waals surface area contributed by atoms with Crippen LogP contribution in [0, 0.1) is 0 Å². The highest BCUT2D eigenvalue weighted by molar-refractivity contribution is 7.99. The number of aryl methyl sites for hydroxylation is 2. The number of thiophene rings is 1. The largest absolute Gasteiger partial charge is 0.272 e. The molecule has 1 aliphatic carbocycles. The fourth-order valence-electron chi connectivity index (χ4n) is 3.89. The highest BCUT2D eigenvalue weighted by Gasteiger charge is 2.24. The molecule has 34 heavy (non-hydrogen) atoms. The number of thioether (sulfide) groups is 1. The van der Waals surface area contributed by atoms with Crippen LogP contribution in [0.2, 0.25) is 5.02 Å². The Balaban J connectivity index is 1.44. The summed E-state index contributed by atoms with van der Waals surface area (Å²) in [6.07, 6.45) is 6.31. The Morgan fingerprint density at radius 3 is 2.85 bits per heavy atom. The first-order chi connectivity index (χ1) is 16.5. The number of carbonyl (C=O) groups is 1. The van der Waals surface area contributed by atoms with Crippen molar-refractivity contribution >= 4 is 56.5 Å². The van der Waals surface area contributed by atoms with Crippen molar-refractivity contribution in [2.24, 2.45) is 5.10 Å². The molecule has 10 heteroatoms. The van der Waals surface area contributed by atoms with Gasteiger partial charge in [0.15, 0.2) is 5.16 Å². The van der Waals surface area contributed by atoms with Gasteiger partial charge in [0, 0.05) is 27.9 Å². The fourth-order valence-corrected chi connectivity index (χ4v) is 6.12. The molecule has 5 rings (SSSR count). The Kier molecular flexibility index (Phi) is 6.49. The number of benzene rings is 1. The molecule has 172 valence electrons. The third kappa shape index (κ3) is 4.51. The molecule has 0 aliphatic heterocycles. The van der Waals surface area contributed by atoms with Crippen LogP contribution < -0.4 is 11.0 Å². The van der Waals surface area contributed by atoms with Crippen LogP contribution in [-0.2, 0) is 17.6 Å². The van der Waals surface area contributed by atoms with E-state index in [2.05, 4.69) is 15.5 Å². The summed E-state index contributed by atoms with van der Waals surface area (Å²) in [6, 6.07) is 10.7. The van der Waals surface area contributed by atoms with Crippen molar-refractivity contribution in [3.8, 4) is 5.69 Å². The van der Waals surface area contributed by atoms with Gasteiger partial charge < -0.3 is 0 Å². The molecule has 0 unspecified atom stereocenters. The summed E-state index contributed by atoms with van der Waals surface area (Å²) in [5, 5.41) is 5.89. The van der Waals surface area contributed by atoms with Gasteiger partial charge in [-0.15, -0.1) is 11.3 Å². The number of carbonyl (C=O) groups excluding carboxylic acids is 1. The van der Waals surface area contributed by atoms with E-state index in [1.807, 2.05) is 12.1 Å². The summed E-state index contributed by atoms with van der Waals surface area (Å²) in [5.41, 5.74) is 5.72. The second kappa shape index (κ2) is 9.69. The van der Waals surface area contributed by atoms with Crippen LogP contribution in [0.15, 0.2) is 63.8 Å². The van der Waals surface area contributed by atoms with Crippen LogP contribution in [0.25, 0.3) is 15.9 Å². The molecular formula is C24H20ClN5O2S2. The highest BCUT2D eigenvalue weighted by Crippen LogP contribution is 2.36. The topological polar surface area (TPSA) is 89.2 Å². The van der Waals surface area contributed by atoms with Crippen LogP contribution in [-0.4, -0.2) is 31.9 Å². The number of hydrazone groups is 1. The summed E-state index contributed by atoms with van der Waals surface area (Å²) in [4.78, 5) is 37.0. The SMILES string of the molecule is CC(=NNC(=O)CSc1nc2sc3c(c2c(=O)n1-c1ccc(Cl)cc1)CCC3)c1cccnc1. The van der Waals surface area contributed by atoms with Gasteiger partial charge in [-0.1, -0.05) is 29.4 Å². The predicted octanol–water partition coefficient (Wildman–Crippen LogP) is 4.62. The van der Waals surface area contributed by atoms with Crippen molar-refractivity contribution in [3.05, 3.63) is 80.2 Å². The summed E-state index contributed by atoms with van der Waals surface area (Å²) in [5.74, 6) is -0.237. The molecular weight excluding hydrogens is 490 g/mol. The van der Waals surface area contributed by atoms with E-state index in [9.17, 15) is 9.59 Å². The number of halogens is 1. The Labute approximate surface area is 208 Å². The van der Waals surface area contributed by atoms with E-state index in [1.165, 1.54) is 16.6 Å². The van der Waals surface area contributed by atoms with E-state index >= 15 is 0 Å². The summed E-state index contributed by atoms with van der Waals surface area (Å²) in [6.45, 7) is 1.80. The van der Waals surface area contributed by atoms with E-state index in [0.29, 0.717) is 27.0 Å². The van der Waals surface area contributed by atoms with Gasteiger partial charge in [0.25, 0.3) is 11.5 Å². The molecule has 0 fully saturated rings. The molecule has 0 spiro atoms. The molecule has 0 radical (unpaired) electrons. The number of hydrogen-bond acceptors (Lipinski definition) is 7. The number of hydrogen-bond donors (Lipinski definition) is 1. The van der Waals surface area contributed by atoms with Crippen LogP contribution in [0.1, 0.15) is 29.3 Å². The quantitative estimate of drug-likeness (QED) is 0.177. The van der Waals surface area contributed by atoms with Crippen LogP contribution in [0.4, 0.5) is 0 Å². The third-order valence-corrected chi connectivity index (χ3v) is 7.93. The van der Waals surface area contributed by atoms with Crippen LogP contribution in [0.5, 0.6) is 0 Å². The first-order valence-corrected chi connectivity index (χ1v) is 12.9. The molecule has 0 saturated heterocycles. The third-order valence-electron chi connectivity index (χ3n) is 5.55. The first-order valence-electron chi connectivity index (χ1n) is 10.7. The van der Waals surface area contributed by atoms with Crippen molar-refractivity contribution in [1.82, 2.24) is 20.0 Å². The molecule has 3 heterocycles. The monoisotopic (exact) mass is 509 g/mol. The van der Waals surface area contributed by atoms with Gasteiger partial charge in [-0.05, 0) is 62.1 Å². The minimum atomic E-state index is -0.293. The molecule has 3 aromatic heterocycles. The van der Waals surface area contributed by atoms with E-state index in [1.54, 1.807) is 59.5 Å². The van der Waals surface area contributed by atoms with Gasteiger partial charge in [0.1, 0.15) is 4.83 Å². The minimum absolute atomic E-state index is 0.0560. The molecule has 1 aliphatic rings. The summed E-state index contributed by atoms with van der Waals surface area (Å²) in [7, 11) is 0. The highest BCUT2D eigenvalue weighted by atomic mass is 35.5. The van der Waals surface area contributed by atoms with Gasteiger partial charge in [0.2, 0.25) is 0 Å². The van der Waals surface area contributed by atoms with E-state index in [0.717, 1.165) is 35.2 Å². The van der Waals surface area contributed by atoms with Gasteiger partial charge in [0.05, 0.1) is 22.5 Å². The summed E-state index contributed by atoms with van der Waals surface area (Å²) >= 11 is 8.85. The zero-order valence-corrected chi connectivity index (χ0v) is 20.6. The number of pyridine rings is 1. The Morgan fingerprint density at radius 1 is 1.26 bits per heavy atom. The average molecular weight is 510 g/mol. The Morgan fingerprint density at radius 2 is 2.09 bits per heavy atom. The molecule has 0 bridgehead atoms. The van der Waals surface area contributed by atoms with Crippen molar-refractivity contribution in [2.45, 2.75) is 31.3 Å². The van der Waals surface area contributed by atoms with Crippen molar-refractivity contribution in [3.63, 3.8) is 0 Å². The van der Waals surface area contributed by atoms with Crippen LogP contribution >= 0.6 is 34.7 Å². The lowest BCUT2D eigenvalue weighted by atomic mass is 10.2. The molecule has 7 nitrogen and oxygen atoms in total. The maximum absolute atomic E-state index is 13.6. The number of fused-ring (bicyclic) bond motifs is 3. The second-order valence-electron chi connectivity index (χ2n) is 7.81. The molecule has 1 N–H and O–H groups in total. The number of nitrogens with one attached hydrogen (secondary N) is 1.